The number of nitrogens with zero attached hydrogens (tertiary/aromatic N) is 2. The molecule has 1 unspecified atom stereocenters. The summed E-state index contributed by atoms with van der Waals surface area (Å²) in [5.41, 5.74) is 3.22. The second-order valence-electron chi connectivity index (χ2n) is 6.51. The Morgan fingerprint density at radius 1 is 1.11 bits per heavy atom. The lowest BCUT2D eigenvalue weighted by atomic mass is 10.1. The molecule has 1 aromatic heterocycles. The molecule has 0 aliphatic rings. The fraction of sp³-hybridized carbons (Fsp3) is 0.286. The lowest BCUT2D eigenvalue weighted by Gasteiger charge is -2.17. The van der Waals surface area contributed by atoms with Gasteiger partial charge in [0.2, 0.25) is 5.91 Å². The summed E-state index contributed by atoms with van der Waals surface area (Å²) in [4.78, 5) is 29.5. The van der Waals surface area contributed by atoms with Crippen molar-refractivity contribution in [2.45, 2.75) is 33.4 Å². The quantitative estimate of drug-likeness (QED) is 0.706. The van der Waals surface area contributed by atoms with Crippen LogP contribution in [0, 0.1) is 6.92 Å². The summed E-state index contributed by atoms with van der Waals surface area (Å²) < 4.78 is 1.86. The number of carbonyl (C=O) groups excluding carboxylic acids is 2. The molecule has 0 spiro atoms. The van der Waals surface area contributed by atoms with Gasteiger partial charge in [-0.2, -0.15) is 0 Å². The van der Waals surface area contributed by atoms with Gasteiger partial charge in [-0.05, 0) is 44.5 Å². The molecule has 6 heteroatoms. The van der Waals surface area contributed by atoms with Crippen molar-refractivity contribution in [3.63, 3.8) is 0 Å². The third-order valence-electron chi connectivity index (χ3n) is 4.48. The number of hydrogen-bond acceptors (Lipinski definition) is 3. The number of benzene rings is 2. The third-order valence-corrected chi connectivity index (χ3v) is 4.48. The summed E-state index contributed by atoms with van der Waals surface area (Å²) in [6.07, 6.45) is 0. The van der Waals surface area contributed by atoms with E-state index in [1.54, 1.807) is 6.07 Å². The van der Waals surface area contributed by atoms with Crippen LogP contribution < -0.4 is 10.6 Å². The predicted molar refractivity (Wildman–Crippen MR) is 105 cm³/mol. The Morgan fingerprint density at radius 2 is 1.81 bits per heavy atom. The molecule has 0 saturated heterocycles. The first kappa shape index (κ1) is 18.6. The molecule has 0 radical (unpaired) electrons. The molecule has 2 aromatic carbocycles. The first-order chi connectivity index (χ1) is 13.0. The number of fused-ring (bicyclic) bond motifs is 1. The van der Waals surface area contributed by atoms with Crippen LogP contribution in [-0.2, 0) is 11.3 Å². The van der Waals surface area contributed by atoms with Crippen LogP contribution in [0.1, 0.15) is 41.6 Å². The average Bonchev–Trinajstić information content (AvgIpc) is 3.01. The third kappa shape index (κ3) is 4.00. The molecule has 0 aliphatic carbocycles. The van der Waals surface area contributed by atoms with E-state index in [4.69, 9.17) is 0 Å². The zero-order valence-electron chi connectivity index (χ0n) is 15.8. The van der Waals surface area contributed by atoms with Gasteiger partial charge in [-0.15, -0.1) is 0 Å². The maximum absolute atomic E-state index is 12.7. The number of likely N-dealkylation sites (N-methyl/N-ethyl adjacent to an activating group) is 1. The van der Waals surface area contributed by atoms with Crippen LogP contribution in [0.4, 0.5) is 0 Å². The highest BCUT2D eigenvalue weighted by Crippen LogP contribution is 2.21. The molecular formula is C21H24N4O2. The molecule has 3 aromatic rings. The van der Waals surface area contributed by atoms with Crippen molar-refractivity contribution in [2.75, 3.05) is 6.54 Å². The molecule has 2 amide bonds. The average molecular weight is 364 g/mol. The first-order valence-corrected chi connectivity index (χ1v) is 9.09. The molecule has 27 heavy (non-hydrogen) atoms. The van der Waals surface area contributed by atoms with Gasteiger partial charge in [0.15, 0.2) is 0 Å². The highest BCUT2D eigenvalue weighted by Gasteiger charge is 2.20. The van der Waals surface area contributed by atoms with Crippen LogP contribution in [0.25, 0.3) is 11.0 Å². The van der Waals surface area contributed by atoms with Gasteiger partial charge in [-0.1, -0.05) is 30.3 Å². The summed E-state index contributed by atoms with van der Waals surface area (Å²) in [6.45, 7) is 6.40. The van der Waals surface area contributed by atoms with E-state index in [0.717, 1.165) is 16.6 Å². The molecule has 140 valence electrons. The van der Waals surface area contributed by atoms with Crippen molar-refractivity contribution in [1.82, 2.24) is 20.2 Å². The number of aromatic nitrogens is 2. The van der Waals surface area contributed by atoms with E-state index < -0.39 is 0 Å². The van der Waals surface area contributed by atoms with Gasteiger partial charge in [0, 0.05) is 12.1 Å². The zero-order valence-corrected chi connectivity index (χ0v) is 15.8. The van der Waals surface area contributed by atoms with E-state index in [2.05, 4.69) is 15.6 Å². The van der Waals surface area contributed by atoms with Gasteiger partial charge in [-0.25, -0.2) is 4.98 Å². The minimum atomic E-state index is -0.348. The smallest absolute Gasteiger partial charge is 0.252 e. The topological polar surface area (TPSA) is 76.0 Å². The fourth-order valence-electron chi connectivity index (χ4n) is 3.15. The summed E-state index contributed by atoms with van der Waals surface area (Å²) in [5, 5.41) is 5.82. The maximum atomic E-state index is 12.7. The Labute approximate surface area is 158 Å². The number of amides is 2. The SMILES string of the molecule is CCNC(=O)Cn1c(C(C)NC(=O)c2ccccc2C)nc2ccccc21. The van der Waals surface area contributed by atoms with Gasteiger partial charge >= 0.3 is 0 Å². The van der Waals surface area contributed by atoms with Crippen LogP contribution in [0.2, 0.25) is 0 Å². The van der Waals surface area contributed by atoms with E-state index in [1.807, 2.05) is 67.8 Å². The summed E-state index contributed by atoms with van der Waals surface area (Å²) in [6, 6.07) is 14.8. The molecule has 0 bridgehead atoms. The molecule has 0 fully saturated rings. The Kier molecular flexibility index (Phi) is 5.54. The van der Waals surface area contributed by atoms with E-state index in [9.17, 15) is 9.59 Å². The van der Waals surface area contributed by atoms with Crippen molar-refractivity contribution < 1.29 is 9.59 Å². The summed E-state index contributed by atoms with van der Waals surface area (Å²) in [5.74, 6) is 0.418. The van der Waals surface area contributed by atoms with Gasteiger partial charge in [-0.3, -0.25) is 9.59 Å². The molecule has 6 nitrogen and oxygen atoms in total. The number of rotatable bonds is 6. The maximum Gasteiger partial charge on any atom is 0.252 e. The standard InChI is InChI=1S/C21H24N4O2/c1-4-22-19(26)13-25-18-12-8-7-11-17(18)24-20(25)15(3)23-21(27)16-10-6-5-9-14(16)2/h5-12,15H,4,13H2,1-3H3,(H,22,26)(H,23,27). The van der Waals surface area contributed by atoms with Gasteiger partial charge in [0.1, 0.15) is 12.4 Å². The highest BCUT2D eigenvalue weighted by atomic mass is 16.2. The monoisotopic (exact) mass is 364 g/mol. The highest BCUT2D eigenvalue weighted by molar-refractivity contribution is 5.95. The van der Waals surface area contributed by atoms with Gasteiger partial charge < -0.3 is 15.2 Å². The van der Waals surface area contributed by atoms with E-state index in [0.29, 0.717) is 17.9 Å². The number of nitrogens with one attached hydrogen (secondary N) is 2. The molecule has 0 saturated carbocycles. The Hall–Kier alpha value is -3.15. The summed E-state index contributed by atoms with van der Waals surface area (Å²) in [7, 11) is 0. The second-order valence-corrected chi connectivity index (χ2v) is 6.51. The van der Waals surface area contributed by atoms with Crippen LogP contribution >= 0.6 is 0 Å². The van der Waals surface area contributed by atoms with Crippen LogP contribution in [0.3, 0.4) is 0 Å². The van der Waals surface area contributed by atoms with Crippen molar-refractivity contribution in [2.24, 2.45) is 0 Å². The van der Waals surface area contributed by atoms with Gasteiger partial charge in [0.05, 0.1) is 17.1 Å². The van der Waals surface area contributed by atoms with Crippen molar-refractivity contribution in [3.05, 3.63) is 65.5 Å². The van der Waals surface area contributed by atoms with Crippen molar-refractivity contribution in [3.8, 4) is 0 Å². The zero-order chi connectivity index (χ0) is 19.4. The molecule has 0 aliphatic heterocycles. The number of carbonyl (C=O) groups is 2. The van der Waals surface area contributed by atoms with E-state index >= 15 is 0 Å². The molecule has 1 heterocycles. The van der Waals surface area contributed by atoms with E-state index in [1.165, 1.54) is 0 Å². The number of hydrogen-bond donors (Lipinski definition) is 2. The number of para-hydroxylation sites is 2. The minimum Gasteiger partial charge on any atom is -0.355 e. The number of aryl methyl sites for hydroxylation is 1. The number of imidazole rings is 1. The van der Waals surface area contributed by atoms with Crippen molar-refractivity contribution in [1.29, 1.82) is 0 Å². The summed E-state index contributed by atoms with van der Waals surface area (Å²) >= 11 is 0. The Morgan fingerprint density at radius 3 is 2.56 bits per heavy atom. The Balaban J connectivity index is 1.91. The minimum absolute atomic E-state index is 0.0840. The first-order valence-electron chi connectivity index (χ1n) is 9.09. The predicted octanol–water partition coefficient (Wildman–Crippen LogP) is 2.97. The van der Waals surface area contributed by atoms with Crippen LogP contribution in [-0.4, -0.2) is 27.9 Å². The van der Waals surface area contributed by atoms with Crippen LogP contribution in [0.15, 0.2) is 48.5 Å². The molecule has 2 N–H and O–H groups in total. The molecule has 3 rings (SSSR count). The lowest BCUT2D eigenvalue weighted by molar-refractivity contribution is -0.121. The normalized spacial score (nSPS) is 12.0. The fourth-order valence-corrected chi connectivity index (χ4v) is 3.15. The molecule has 1 atom stereocenters. The lowest BCUT2D eigenvalue weighted by Crippen LogP contribution is -2.32. The molecular weight excluding hydrogens is 340 g/mol. The van der Waals surface area contributed by atoms with Crippen molar-refractivity contribution >= 4 is 22.8 Å². The largest absolute Gasteiger partial charge is 0.355 e. The van der Waals surface area contributed by atoms with Crippen LogP contribution in [0.5, 0.6) is 0 Å². The van der Waals surface area contributed by atoms with Gasteiger partial charge in [0.25, 0.3) is 5.91 Å². The second kappa shape index (κ2) is 8.03. The Bertz CT molecular complexity index is 977. The van der Waals surface area contributed by atoms with E-state index in [-0.39, 0.29) is 24.4 Å².